The van der Waals surface area contributed by atoms with Crippen molar-refractivity contribution in [3.8, 4) is 5.75 Å². The van der Waals surface area contributed by atoms with Crippen molar-refractivity contribution in [3.05, 3.63) is 112 Å². The van der Waals surface area contributed by atoms with Gasteiger partial charge in [0.05, 0.1) is 5.69 Å². The molecule has 5 rings (SSSR count). The largest absolute Gasteiger partial charge is 0.488 e. The molecule has 0 aliphatic carbocycles. The Kier molecular flexibility index (Phi) is 6.63. The van der Waals surface area contributed by atoms with Gasteiger partial charge in [-0.2, -0.15) is 0 Å². The molecule has 4 aromatic rings. The fraction of sp³-hybridized carbons (Fsp3) is 0.0357. The van der Waals surface area contributed by atoms with E-state index in [4.69, 9.17) is 17.0 Å². The molecule has 1 aliphatic heterocycles. The summed E-state index contributed by atoms with van der Waals surface area (Å²) in [4.78, 5) is 27.2. The molecule has 2 amide bonds. The lowest BCUT2D eigenvalue weighted by atomic mass is 10.0. The number of nitrogens with zero attached hydrogens (tertiary/aromatic N) is 1. The number of carbonyl (C=O) groups excluding carboxylic acids is 2. The molecular formula is C28H18BrFN2O3S. The first-order chi connectivity index (χ1) is 17.4. The minimum absolute atomic E-state index is 0.0737. The summed E-state index contributed by atoms with van der Waals surface area (Å²) in [5, 5.41) is 4.66. The molecule has 0 bridgehead atoms. The van der Waals surface area contributed by atoms with Crippen LogP contribution in [0.2, 0.25) is 0 Å². The molecule has 0 saturated carbocycles. The molecule has 5 nitrogen and oxygen atoms in total. The van der Waals surface area contributed by atoms with Crippen LogP contribution in [0.5, 0.6) is 5.75 Å². The Morgan fingerprint density at radius 1 is 0.972 bits per heavy atom. The number of ether oxygens (including phenoxy) is 1. The van der Waals surface area contributed by atoms with Crippen LogP contribution in [-0.4, -0.2) is 16.9 Å². The van der Waals surface area contributed by atoms with E-state index in [0.29, 0.717) is 23.6 Å². The van der Waals surface area contributed by atoms with Gasteiger partial charge in [-0.15, -0.1) is 0 Å². The molecule has 0 spiro atoms. The smallest absolute Gasteiger partial charge is 0.270 e. The maximum absolute atomic E-state index is 13.4. The average molecular weight is 561 g/mol. The van der Waals surface area contributed by atoms with Crippen LogP contribution < -0.4 is 15.0 Å². The molecule has 36 heavy (non-hydrogen) atoms. The van der Waals surface area contributed by atoms with Gasteiger partial charge in [0.15, 0.2) is 5.11 Å². The predicted octanol–water partition coefficient (Wildman–Crippen LogP) is 6.15. The zero-order valence-electron chi connectivity index (χ0n) is 18.7. The van der Waals surface area contributed by atoms with Gasteiger partial charge in [-0.1, -0.05) is 58.4 Å². The van der Waals surface area contributed by atoms with Crippen LogP contribution in [-0.2, 0) is 16.2 Å². The van der Waals surface area contributed by atoms with Crippen LogP contribution in [0.1, 0.15) is 11.1 Å². The maximum atomic E-state index is 13.4. The number of thiocarbonyl (C=S) groups is 1. The topological polar surface area (TPSA) is 58.6 Å². The third-order valence-electron chi connectivity index (χ3n) is 5.72. The van der Waals surface area contributed by atoms with Gasteiger partial charge < -0.3 is 4.74 Å². The fourth-order valence-electron chi connectivity index (χ4n) is 3.98. The van der Waals surface area contributed by atoms with Crippen LogP contribution in [0.25, 0.3) is 16.8 Å². The van der Waals surface area contributed by atoms with Crippen LogP contribution in [0.15, 0.2) is 95.0 Å². The maximum Gasteiger partial charge on any atom is 0.270 e. The molecule has 1 saturated heterocycles. The highest BCUT2D eigenvalue weighted by molar-refractivity contribution is 9.10. The predicted molar refractivity (Wildman–Crippen MR) is 145 cm³/mol. The Balaban J connectivity index is 1.48. The number of halogens is 2. The van der Waals surface area contributed by atoms with Gasteiger partial charge in [-0.25, -0.2) is 4.39 Å². The zero-order chi connectivity index (χ0) is 25.2. The van der Waals surface area contributed by atoms with Gasteiger partial charge in [-0.05, 0) is 77.1 Å². The van der Waals surface area contributed by atoms with E-state index in [1.807, 2.05) is 48.5 Å². The fourth-order valence-corrected chi connectivity index (χ4v) is 4.63. The standard InChI is InChI=1S/C28H18BrFN2O3S/c29-20-8-13-25(35-16-18-6-3-5-17-4-1-2-7-23(17)18)19(14-20)15-24-26(33)31-28(36)32(27(24)34)22-11-9-21(30)10-12-22/h1-15H,16H2,(H,31,33,36)/b24-15-. The first-order valence-corrected chi connectivity index (χ1v) is 12.2. The number of rotatable bonds is 5. The SMILES string of the molecule is O=C1NC(=S)N(c2ccc(F)cc2)C(=O)/C1=C\c1cc(Br)ccc1OCc1cccc2ccccc12. The van der Waals surface area contributed by atoms with Gasteiger partial charge >= 0.3 is 0 Å². The second kappa shape index (κ2) is 10.0. The van der Waals surface area contributed by atoms with Crippen LogP contribution >= 0.6 is 28.1 Å². The highest BCUT2D eigenvalue weighted by Gasteiger charge is 2.34. The monoisotopic (exact) mass is 560 g/mol. The number of carbonyl (C=O) groups is 2. The van der Waals surface area contributed by atoms with E-state index in [1.165, 1.54) is 30.3 Å². The lowest BCUT2D eigenvalue weighted by Gasteiger charge is -2.29. The number of fused-ring (bicyclic) bond motifs is 1. The highest BCUT2D eigenvalue weighted by Crippen LogP contribution is 2.29. The van der Waals surface area contributed by atoms with Crippen molar-refractivity contribution in [1.29, 1.82) is 0 Å². The number of hydrogen-bond donors (Lipinski definition) is 1. The molecule has 8 heteroatoms. The van der Waals surface area contributed by atoms with Gasteiger partial charge in [0, 0.05) is 10.0 Å². The molecule has 1 N–H and O–H groups in total. The summed E-state index contributed by atoms with van der Waals surface area (Å²) in [7, 11) is 0. The van der Waals surface area contributed by atoms with Gasteiger partial charge in [0.2, 0.25) is 0 Å². The number of anilines is 1. The van der Waals surface area contributed by atoms with Gasteiger partial charge in [-0.3, -0.25) is 19.8 Å². The number of amides is 2. The molecule has 0 aromatic heterocycles. The number of nitrogens with one attached hydrogen (secondary N) is 1. The van der Waals surface area contributed by atoms with Gasteiger partial charge in [0.25, 0.3) is 11.8 Å². The van der Waals surface area contributed by atoms with Crippen LogP contribution in [0, 0.1) is 5.82 Å². The minimum Gasteiger partial charge on any atom is -0.488 e. The van der Waals surface area contributed by atoms with Crippen LogP contribution in [0.4, 0.5) is 10.1 Å². The van der Waals surface area contributed by atoms with E-state index in [-0.39, 0.29) is 10.7 Å². The molecule has 0 unspecified atom stereocenters. The van der Waals surface area contributed by atoms with E-state index in [1.54, 1.807) is 12.1 Å². The van der Waals surface area contributed by atoms with E-state index in [0.717, 1.165) is 25.7 Å². The second-order valence-corrected chi connectivity index (χ2v) is 9.35. The number of benzene rings is 4. The molecule has 0 radical (unpaired) electrons. The molecule has 4 aromatic carbocycles. The Labute approximate surface area is 220 Å². The van der Waals surface area contributed by atoms with Crippen molar-refractivity contribution in [3.63, 3.8) is 0 Å². The highest BCUT2D eigenvalue weighted by atomic mass is 79.9. The number of hydrogen-bond acceptors (Lipinski definition) is 4. The van der Waals surface area contributed by atoms with Crippen molar-refractivity contribution in [2.75, 3.05) is 4.90 Å². The minimum atomic E-state index is -0.622. The summed E-state index contributed by atoms with van der Waals surface area (Å²) >= 11 is 8.66. The van der Waals surface area contributed by atoms with E-state index in [2.05, 4.69) is 21.2 Å². The quantitative estimate of drug-likeness (QED) is 0.180. The van der Waals surface area contributed by atoms with Gasteiger partial charge in [0.1, 0.15) is 23.7 Å². The Morgan fingerprint density at radius 2 is 1.72 bits per heavy atom. The zero-order valence-corrected chi connectivity index (χ0v) is 21.1. The van der Waals surface area contributed by atoms with Crippen molar-refractivity contribution >= 4 is 67.6 Å². The van der Waals surface area contributed by atoms with E-state index < -0.39 is 17.6 Å². The summed E-state index contributed by atoms with van der Waals surface area (Å²) in [6.45, 7) is 0.297. The normalized spacial score (nSPS) is 14.9. The van der Waals surface area contributed by atoms with Crippen molar-refractivity contribution in [1.82, 2.24) is 5.32 Å². The van der Waals surface area contributed by atoms with Crippen molar-refractivity contribution in [2.45, 2.75) is 6.61 Å². The summed E-state index contributed by atoms with van der Waals surface area (Å²) in [6, 6.07) is 24.7. The Hall–Kier alpha value is -3.88. The lowest BCUT2D eigenvalue weighted by molar-refractivity contribution is -0.122. The lowest BCUT2D eigenvalue weighted by Crippen LogP contribution is -2.54. The summed E-state index contributed by atoms with van der Waals surface area (Å²) in [5.74, 6) is -1.18. The first kappa shape index (κ1) is 23.8. The second-order valence-electron chi connectivity index (χ2n) is 8.04. The van der Waals surface area contributed by atoms with E-state index in [9.17, 15) is 14.0 Å². The third kappa shape index (κ3) is 4.78. The van der Waals surface area contributed by atoms with Crippen LogP contribution in [0.3, 0.4) is 0 Å². The van der Waals surface area contributed by atoms with E-state index >= 15 is 0 Å². The molecule has 1 aliphatic rings. The molecule has 1 fully saturated rings. The molecule has 178 valence electrons. The van der Waals surface area contributed by atoms with Crippen molar-refractivity contribution < 1.29 is 18.7 Å². The molecule has 1 heterocycles. The third-order valence-corrected chi connectivity index (χ3v) is 6.50. The Bertz CT molecular complexity index is 1550. The summed E-state index contributed by atoms with van der Waals surface area (Å²) < 4.78 is 20.3. The summed E-state index contributed by atoms with van der Waals surface area (Å²) in [5.41, 5.74) is 1.77. The van der Waals surface area contributed by atoms with Crippen molar-refractivity contribution in [2.24, 2.45) is 0 Å². The molecular weight excluding hydrogens is 543 g/mol. The average Bonchev–Trinajstić information content (AvgIpc) is 2.87. The first-order valence-electron chi connectivity index (χ1n) is 11.0. The molecule has 0 atom stereocenters. The summed E-state index contributed by atoms with van der Waals surface area (Å²) in [6.07, 6.45) is 1.47. The Morgan fingerprint density at radius 3 is 2.53 bits per heavy atom.